The van der Waals surface area contributed by atoms with E-state index in [4.69, 9.17) is 4.74 Å². The van der Waals surface area contributed by atoms with Gasteiger partial charge in [-0.2, -0.15) is 0 Å². The highest BCUT2D eigenvalue weighted by molar-refractivity contribution is 7.92. The van der Waals surface area contributed by atoms with Crippen LogP contribution in [0.4, 0.5) is 9.93 Å². The number of nitrogens with zero attached hydrogens (tertiary/aromatic N) is 1. The maximum atomic E-state index is 12.4. The molecule has 2 amide bonds. The minimum Gasteiger partial charge on any atom is -0.384 e. The summed E-state index contributed by atoms with van der Waals surface area (Å²) < 4.78 is 31.9. The molecule has 0 bridgehead atoms. The Balaban J connectivity index is 2.08. The standard InChI is InChI=1S/C15H21N3O4S3/c1-5-11-10(3)16-15(24-11)17-14(19)18-25(20,21)13-8-9(2)12(23-13)6-7-22-4/h8H,5-7H2,1-4H3,(H2,16,17,18,19). The number of methoxy groups -OCH3 is 1. The molecule has 0 spiro atoms. The Morgan fingerprint density at radius 3 is 2.60 bits per heavy atom. The summed E-state index contributed by atoms with van der Waals surface area (Å²) in [6.07, 6.45) is 1.44. The van der Waals surface area contributed by atoms with Gasteiger partial charge in [0.15, 0.2) is 5.13 Å². The highest BCUT2D eigenvalue weighted by atomic mass is 32.2. The van der Waals surface area contributed by atoms with Crippen molar-refractivity contribution in [1.29, 1.82) is 0 Å². The van der Waals surface area contributed by atoms with E-state index in [0.717, 1.165) is 38.8 Å². The molecule has 2 N–H and O–H groups in total. The largest absolute Gasteiger partial charge is 0.384 e. The molecule has 0 saturated carbocycles. The number of rotatable bonds is 7. The van der Waals surface area contributed by atoms with E-state index >= 15 is 0 Å². The van der Waals surface area contributed by atoms with Crippen LogP contribution in [0.1, 0.15) is 27.9 Å². The van der Waals surface area contributed by atoms with Crippen LogP contribution in [-0.4, -0.2) is 33.1 Å². The molecule has 0 aliphatic rings. The second-order valence-electron chi connectivity index (χ2n) is 5.36. The van der Waals surface area contributed by atoms with Crippen molar-refractivity contribution in [3.8, 4) is 0 Å². The second-order valence-corrected chi connectivity index (χ2v) is 9.48. The molecule has 2 rings (SSSR count). The van der Waals surface area contributed by atoms with E-state index < -0.39 is 16.1 Å². The first-order valence-electron chi connectivity index (χ1n) is 7.65. The SMILES string of the molecule is CCc1sc(NC(=O)NS(=O)(=O)c2cc(C)c(CCOC)s2)nc1C. The Bertz CT molecular complexity index is 855. The number of hydrogen-bond donors (Lipinski definition) is 2. The Labute approximate surface area is 155 Å². The molecule has 138 valence electrons. The summed E-state index contributed by atoms with van der Waals surface area (Å²) in [5.74, 6) is 0. The molecule has 0 saturated heterocycles. The Hall–Kier alpha value is -1.49. The van der Waals surface area contributed by atoms with Crippen molar-refractivity contribution in [1.82, 2.24) is 9.71 Å². The van der Waals surface area contributed by atoms with E-state index in [-0.39, 0.29) is 4.21 Å². The molecule has 7 nitrogen and oxygen atoms in total. The number of amides is 2. The van der Waals surface area contributed by atoms with E-state index in [2.05, 4.69) is 10.3 Å². The van der Waals surface area contributed by atoms with Crippen molar-refractivity contribution < 1.29 is 17.9 Å². The minimum atomic E-state index is -3.92. The summed E-state index contributed by atoms with van der Waals surface area (Å²) in [5.41, 5.74) is 1.70. The van der Waals surface area contributed by atoms with Crippen LogP contribution in [0.5, 0.6) is 0 Å². The molecular formula is C15H21N3O4S3. The van der Waals surface area contributed by atoms with Crippen LogP contribution in [0.15, 0.2) is 10.3 Å². The number of hydrogen-bond acceptors (Lipinski definition) is 7. The molecular weight excluding hydrogens is 382 g/mol. The third-order valence-corrected chi connectivity index (χ3v) is 7.78. The zero-order valence-corrected chi connectivity index (χ0v) is 17.0. The topological polar surface area (TPSA) is 97.4 Å². The van der Waals surface area contributed by atoms with Gasteiger partial charge in [0.05, 0.1) is 12.3 Å². The van der Waals surface area contributed by atoms with Gasteiger partial charge < -0.3 is 4.74 Å². The summed E-state index contributed by atoms with van der Waals surface area (Å²) in [5, 5.41) is 2.86. The molecule has 2 aromatic heterocycles. The lowest BCUT2D eigenvalue weighted by molar-refractivity contribution is 0.203. The van der Waals surface area contributed by atoms with Gasteiger partial charge in [-0.05, 0) is 31.9 Å². The van der Waals surface area contributed by atoms with Crippen LogP contribution in [0.3, 0.4) is 0 Å². The number of anilines is 1. The lowest BCUT2D eigenvalue weighted by Crippen LogP contribution is -2.33. The van der Waals surface area contributed by atoms with Crippen LogP contribution in [0, 0.1) is 13.8 Å². The summed E-state index contributed by atoms with van der Waals surface area (Å²) in [6, 6.07) is 0.745. The van der Waals surface area contributed by atoms with Gasteiger partial charge in [-0.25, -0.2) is 22.9 Å². The van der Waals surface area contributed by atoms with E-state index in [1.807, 2.05) is 25.5 Å². The lowest BCUT2D eigenvalue weighted by atomic mass is 10.2. The summed E-state index contributed by atoms with van der Waals surface area (Å²) in [7, 11) is -2.33. The second kappa shape index (κ2) is 8.26. The van der Waals surface area contributed by atoms with Crippen LogP contribution in [0.2, 0.25) is 0 Å². The van der Waals surface area contributed by atoms with Crippen LogP contribution in [0.25, 0.3) is 0 Å². The normalized spacial score (nSPS) is 11.5. The highest BCUT2D eigenvalue weighted by Crippen LogP contribution is 2.27. The van der Waals surface area contributed by atoms with E-state index in [1.165, 1.54) is 11.3 Å². The average Bonchev–Trinajstić information content (AvgIpc) is 3.07. The van der Waals surface area contributed by atoms with Gasteiger partial charge in [0.2, 0.25) is 0 Å². The van der Waals surface area contributed by atoms with E-state index in [1.54, 1.807) is 13.2 Å². The van der Waals surface area contributed by atoms with Gasteiger partial charge in [-0.1, -0.05) is 6.92 Å². The van der Waals surface area contributed by atoms with Gasteiger partial charge >= 0.3 is 6.03 Å². The molecule has 2 aromatic rings. The molecule has 10 heteroatoms. The fraction of sp³-hybridized carbons (Fsp3) is 0.467. The Morgan fingerprint density at radius 1 is 1.28 bits per heavy atom. The highest BCUT2D eigenvalue weighted by Gasteiger charge is 2.22. The summed E-state index contributed by atoms with van der Waals surface area (Å²) in [6.45, 7) is 6.20. The van der Waals surface area contributed by atoms with Crippen LogP contribution >= 0.6 is 22.7 Å². The zero-order chi connectivity index (χ0) is 18.6. The Morgan fingerprint density at radius 2 is 2.00 bits per heavy atom. The van der Waals surface area contributed by atoms with Crippen molar-refractivity contribution in [2.45, 2.75) is 37.8 Å². The van der Waals surface area contributed by atoms with E-state index in [0.29, 0.717) is 18.2 Å². The maximum Gasteiger partial charge on any atom is 0.334 e. The molecule has 0 aromatic carbocycles. The Kier molecular flexibility index (Phi) is 6.55. The molecule has 25 heavy (non-hydrogen) atoms. The number of thiazole rings is 1. The molecule has 0 aliphatic carbocycles. The number of carbonyl (C=O) groups excluding carboxylic acids is 1. The van der Waals surface area contributed by atoms with Crippen molar-refractivity contribution in [2.75, 3.05) is 19.0 Å². The van der Waals surface area contributed by atoms with Crippen molar-refractivity contribution in [3.63, 3.8) is 0 Å². The van der Waals surface area contributed by atoms with Gasteiger partial charge in [0, 0.05) is 23.3 Å². The quantitative estimate of drug-likeness (QED) is 0.740. The smallest absolute Gasteiger partial charge is 0.334 e. The van der Waals surface area contributed by atoms with Gasteiger partial charge in [-0.15, -0.1) is 22.7 Å². The summed E-state index contributed by atoms with van der Waals surface area (Å²) in [4.78, 5) is 18.2. The van der Waals surface area contributed by atoms with Gasteiger partial charge in [0.25, 0.3) is 10.0 Å². The molecule has 0 fully saturated rings. The lowest BCUT2D eigenvalue weighted by Gasteiger charge is -2.05. The third-order valence-electron chi connectivity index (χ3n) is 3.46. The molecule has 2 heterocycles. The fourth-order valence-corrected chi connectivity index (χ4v) is 5.54. The molecule has 0 atom stereocenters. The maximum absolute atomic E-state index is 12.4. The minimum absolute atomic E-state index is 0.107. The van der Waals surface area contributed by atoms with Crippen LogP contribution < -0.4 is 10.0 Å². The number of ether oxygens (including phenoxy) is 1. The monoisotopic (exact) mass is 403 g/mol. The number of sulfonamides is 1. The number of carbonyl (C=O) groups is 1. The first-order chi connectivity index (χ1) is 11.8. The van der Waals surface area contributed by atoms with E-state index in [9.17, 15) is 13.2 Å². The number of nitrogens with one attached hydrogen (secondary N) is 2. The summed E-state index contributed by atoms with van der Waals surface area (Å²) >= 11 is 2.48. The average molecular weight is 404 g/mol. The van der Waals surface area contributed by atoms with Gasteiger partial charge in [-0.3, -0.25) is 5.32 Å². The number of aryl methyl sites for hydroxylation is 3. The first-order valence-corrected chi connectivity index (χ1v) is 10.8. The molecule has 0 unspecified atom stereocenters. The number of thiophene rings is 1. The molecule has 0 aliphatic heterocycles. The predicted octanol–water partition coefficient (Wildman–Crippen LogP) is 3.08. The third kappa shape index (κ3) is 5.00. The number of urea groups is 1. The van der Waals surface area contributed by atoms with Crippen molar-refractivity contribution in [2.24, 2.45) is 0 Å². The molecule has 0 radical (unpaired) electrons. The zero-order valence-electron chi connectivity index (χ0n) is 14.5. The number of aromatic nitrogens is 1. The fourth-order valence-electron chi connectivity index (χ4n) is 2.17. The van der Waals surface area contributed by atoms with Crippen molar-refractivity contribution in [3.05, 3.63) is 27.1 Å². The van der Waals surface area contributed by atoms with Crippen LogP contribution in [-0.2, 0) is 27.6 Å². The predicted molar refractivity (Wildman–Crippen MR) is 100 cm³/mol. The first kappa shape index (κ1) is 19.8. The van der Waals surface area contributed by atoms with Crippen molar-refractivity contribution >= 4 is 43.9 Å². The van der Waals surface area contributed by atoms with Gasteiger partial charge in [0.1, 0.15) is 4.21 Å².